The van der Waals surface area contributed by atoms with Crippen molar-refractivity contribution < 1.29 is 14.3 Å². The SMILES string of the molecule is CCCCC(=O)OCS/C(=N/c1cccc2cccnc12)NC(NC(=O)/C=C/c1ccccc1)C(Cl)(Cl)Cl. The molecule has 3 aromatic rings. The second-order valence-electron chi connectivity index (χ2n) is 8.02. The summed E-state index contributed by atoms with van der Waals surface area (Å²) in [5, 5.41) is 6.79. The van der Waals surface area contributed by atoms with Gasteiger partial charge in [0.25, 0.3) is 0 Å². The quantitative estimate of drug-likeness (QED) is 0.0674. The maximum Gasteiger partial charge on any atom is 0.306 e. The fourth-order valence-corrected chi connectivity index (χ4v) is 4.18. The molecule has 200 valence electrons. The van der Waals surface area contributed by atoms with Crippen LogP contribution in [0.1, 0.15) is 31.7 Å². The molecule has 0 aliphatic rings. The van der Waals surface area contributed by atoms with Gasteiger partial charge in [0.1, 0.15) is 12.1 Å². The smallest absolute Gasteiger partial charge is 0.306 e. The van der Waals surface area contributed by atoms with Crippen molar-refractivity contribution in [1.29, 1.82) is 0 Å². The second-order valence-corrected chi connectivity index (χ2v) is 11.3. The van der Waals surface area contributed by atoms with Gasteiger partial charge in [-0.2, -0.15) is 0 Å². The summed E-state index contributed by atoms with van der Waals surface area (Å²) in [7, 11) is 0. The zero-order valence-corrected chi connectivity index (χ0v) is 23.7. The first-order valence-electron chi connectivity index (χ1n) is 11.8. The Morgan fingerprint density at radius 1 is 1.08 bits per heavy atom. The molecule has 38 heavy (non-hydrogen) atoms. The van der Waals surface area contributed by atoms with Gasteiger partial charge in [-0.1, -0.05) is 96.7 Å². The van der Waals surface area contributed by atoms with Gasteiger partial charge < -0.3 is 15.4 Å². The molecule has 0 radical (unpaired) electrons. The van der Waals surface area contributed by atoms with Crippen molar-refractivity contribution in [1.82, 2.24) is 15.6 Å². The van der Waals surface area contributed by atoms with Crippen molar-refractivity contribution in [2.45, 2.75) is 36.1 Å². The third-order valence-corrected chi connectivity index (χ3v) is 6.46. The Hall–Kier alpha value is -2.78. The molecule has 11 heteroatoms. The molecule has 1 heterocycles. The maximum atomic E-state index is 12.7. The second kappa shape index (κ2) is 15.0. The molecule has 7 nitrogen and oxygen atoms in total. The normalized spacial score (nSPS) is 12.9. The van der Waals surface area contributed by atoms with Crippen molar-refractivity contribution in [3.8, 4) is 0 Å². The fourth-order valence-electron chi connectivity index (χ4n) is 3.19. The molecule has 0 bridgehead atoms. The number of amidine groups is 1. The number of aliphatic imine (C=N–C) groups is 1. The largest absolute Gasteiger partial charge is 0.454 e. The van der Waals surface area contributed by atoms with Crippen LogP contribution in [0.25, 0.3) is 17.0 Å². The van der Waals surface area contributed by atoms with Crippen molar-refractivity contribution in [3.05, 3.63) is 78.5 Å². The molecule has 1 atom stereocenters. The minimum absolute atomic E-state index is 0.0268. The number of alkyl halides is 3. The molecule has 0 aliphatic carbocycles. The van der Waals surface area contributed by atoms with E-state index in [0.717, 1.165) is 35.6 Å². The number of carbonyl (C=O) groups is 2. The summed E-state index contributed by atoms with van der Waals surface area (Å²) in [5.41, 5.74) is 2.05. The van der Waals surface area contributed by atoms with E-state index in [0.29, 0.717) is 17.6 Å². The Bertz CT molecular complexity index is 1280. The van der Waals surface area contributed by atoms with Crippen molar-refractivity contribution in [3.63, 3.8) is 0 Å². The van der Waals surface area contributed by atoms with E-state index in [1.165, 1.54) is 6.08 Å². The van der Waals surface area contributed by atoms with Crippen LogP contribution in [0.2, 0.25) is 0 Å². The highest BCUT2D eigenvalue weighted by Gasteiger charge is 2.34. The van der Waals surface area contributed by atoms with E-state index in [9.17, 15) is 9.59 Å². The number of fused-ring (bicyclic) bond motifs is 1. The summed E-state index contributed by atoms with van der Waals surface area (Å²) in [4.78, 5) is 33.7. The monoisotopic (exact) mass is 592 g/mol. The van der Waals surface area contributed by atoms with Crippen LogP contribution in [0.15, 0.2) is 77.9 Å². The Labute approximate surface area is 241 Å². The summed E-state index contributed by atoms with van der Waals surface area (Å²) in [6, 6.07) is 18.6. The van der Waals surface area contributed by atoms with Gasteiger partial charge in [0, 0.05) is 24.1 Å². The van der Waals surface area contributed by atoms with Crippen molar-refractivity contribution in [2.75, 3.05) is 5.94 Å². The summed E-state index contributed by atoms with van der Waals surface area (Å²) in [6.07, 6.45) is 5.44. The van der Waals surface area contributed by atoms with E-state index >= 15 is 0 Å². The predicted octanol–water partition coefficient (Wildman–Crippen LogP) is 6.76. The van der Waals surface area contributed by atoms with Crippen LogP contribution in [0.3, 0.4) is 0 Å². The predicted molar refractivity (Wildman–Crippen MR) is 158 cm³/mol. The molecule has 1 amide bonds. The number of halogens is 3. The minimum Gasteiger partial charge on any atom is -0.454 e. The average molecular weight is 594 g/mol. The number of para-hydroxylation sites is 1. The average Bonchev–Trinajstić information content (AvgIpc) is 2.90. The first-order valence-corrected chi connectivity index (χ1v) is 14.0. The lowest BCUT2D eigenvalue weighted by Gasteiger charge is -2.27. The van der Waals surface area contributed by atoms with Crippen LogP contribution in [-0.2, 0) is 14.3 Å². The number of benzene rings is 2. The molecule has 3 rings (SSSR count). The summed E-state index contributed by atoms with van der Waals surface area (Å²) in [5.74, 6) is -0.830. The number of unbranched alkanes of at least 4 members (excludes halogenated alkanes) is 1. The fraction of sp³-hybridized carbons (Fsp3) is 0.259. The van der Waals surface area contributed by atoms with Gasteiger partial charge in [0.2, 0.25) is 9.70 Å². The standard InChI is InChI=1S/C27H27Cl3N4O3S/c1-2-3-14-23(36)37-18-38-26(32-21-13-7-11-20-12-8-17-31-24(20)21)34-25(27(28,29)30)33-22(35)16-15-19-9-5-4-6-10-19/h4-13,15-17,25H,2-3,14,18H2,1H3,(H,32,34)(H,33,35)/b16-15+. The Morgan fingerprint density at radius 2 is 1.84 bits per heavy atom. The van der Waals surface area contributed by atoms with Gasteiger partial charge in [-0.05, 0) is 42.0 Å². The van der Waals surface area contributed by atoms with Gasteiger partial charge in [-0.25, -0.2) is 4.99 Å². The van der Waals surface area contributed by atoms with Crippen LogP contribution in [0, 0.1) is 0 Å². The molecular formula is C27H27Cl3N4O3S. The van der Waals surface area contributed by atoms with Crippen LogP contribution in [0.5, 0.6) is 0 Å². The zero-order chi connectivity index (χ0) is 27.4. The van der Waals surface area contributed by atoms with Gasteiger partial charge in [0.15, 0.2) is 5.17 Å². The molecule has 1 aromatic heterocycles. The number of hydrogen-bond donors (Lipinski definition) is 2. The van der Waals surface area contributed by atoms with Gasteiger partial charge in [0.05, 0.1) is 11.2 Å². The minimum atomic E-state index is -1.94. The summed E-state index contributed by atoms with van der Waals surface area (Å²) < 4.78 is 3.39. The van der Waals surface area contributed by atoms with Gasteiger partial charge in [-0.3, -0.25) is 14.6 Å². The maximum absolute atomic E-state index is 12.7. The summed E-state index contributed by atoms with van der Waals surface area (Å²) in [6.45, 7) is 2.00. The third kappa shape index (κ3) is 9.83. The highest BCUT2D eigenvalue weighted by Crippen LogP contribution is 2.30. The lowest BCUT2D eigenvalue weighted by molar-refractivity contribution is -0.141. The molecule has 0 spiro atoms. The number of amides is 1. The topological polar surface area (TPSA) is 92.7 Å². The molecule has 1 unspecified atom stereocenters. The number of rotatable bonds is 10. The van der Waals surface area contributed by atoms with Crippen LogP contribution in [-0.4, -0.2) is 37.9 Å². The number of hydrogen-bond acceptors (Lipinski definition) is 6. The molecule has 2 N–H and O–H groups in total. The number of thioether (sulfide) groups is 1. The number of carbonyl (C=O) groups excluding carboxylic acids is 2. The van der Waals surface area contributed by atoms with E-state index in [4.69, 9.17) is 39.5 Å². The summed E-state index contributed by atoms with van der Waals surface area (Å²) >= 11 is 19.7. The van der Waals surface area contributed by atoms with Crippen molar-refractivity contribution >= 4 is 86.3 Å². The lowest BCUT2D eigenvalue weighted by Crippen LogP contribution is -2.54. The molecule has 0 aliphatic heterocycles. The molecule has 0 saturated carbocycles. The number of nitrogens with zero attached hydrogens (tertiary/aromatic N) is 2. The number of nitrogens with one attached hydrogen (secondary N) is 2. The molecule has 0 fully saturated rings. The Balaban J connectivity index is 1.82. The lowest BCUT2D eigenvalue weighted by atomic mass is 10.2. The van der Waals surface area contributed by atoms with E-state index in [1.54, 1.807) is 18.3 Å². The number of aromatic nitrogens is 1. The number of ether oxygens (including phenoxy) is 1. The first kappa shape index (κ1) is 29.8. The van der Waals surface area contributed by atoms with Crippen LogP contribution < -0.4 is 10.6 Å². The van der Waals surface area contributed by atoms with Crippen molar-refractivity contribution in [2.24, 2.45) is 4.99 Å². The van der Waals surface area contributed by atoms with Crippen LogP contribution in [0.4, 0.5) is 5.69 Å². The number of pyridine rings is 1. The Morgan fingerprint density at radius 3 is 2.58 bits per heavy atom. The first-order chi connectivity index (χ1) is 18.3. The number of esters is 1. The molecule has 2 aromatic carbocycles. The highest BCUT2D eigenvalue weighted by atomic mass is 35.6. The van der Waals surface area contributed by atoms with E-state index in [2.05, 4.69) is 20.6 Å². The van der Waals surface area contributed by atoms with E-state index in [-0.39, 0.29) is 17.1 Å². The van der Waals surface area contributed by atoms with Gasteiger partial charge in [-0.15, -0.1) is 0 Å². The third-order valence-electron chi connectivity index (χ3n) is 5.09. The van der Waals surface area contributed by atoms with Crippen LogP contribution >= 0.6 is 46.6 Å². The van der Waals surface area contributed by atoms with E-state index < -0.39 is 15.9 Å². The van der Waals surface area contributed by atoms with Gasteiger partial charge >= 0.3 is 5.97 Å². The van der Waals surface area contributed by atoms with E-state index in [1.807, 2.05) is 61.5 Å². The zero-order valence-electron chi connectivity index (χ0n) is 20.6. The Kier molecular flexibility index (Phi) is 11.7. The molecular weight excluding hydrogens is 567 g/mol. The highest BCUT2D eigenvalue weighted by molar-refractivity contribution is 8.13. The molecule has 0 saturated heterocycles.